The molecule has 1 saturated heterocycles. The molecule has 106 valence electrons. The zero-order valence-electron chi connectivity index (χ0n) is 10.4. The third-order valence-electron chi connectivity index (χ3n) is 3.16. The molecule has 2 rings (SSSR count). The summed E-state index contributed by atoms with van der Waals surface area (Å²) in [7, 11) is 0. The molecular formula is C12H15ClF3N3. The van der Waals surface area contributed by atoms with Gasteiger partial charge in [-0.25, -0.2) is 4.98 Å². The maximum atomic E-state index is 12.6. The molecule has 1 atom stereocenters. The molecule has 7 heteroatoms. The number of rotatable bonds is 2. The largest absolute Gasteiger partial charge is 0.433 e. The van der Waals surface area contributed by atoms with E-state index in [0.717, 1.165) is 25.7 Å². The quantitative estimate of drug-likeness (QED) is 0.821. The van der Waals surface area contributed by atoms with Crippen LogP contribution < -0.4 is 10.6 Å². The number of hydrogen-bond donors (Lipinski definition) is 2. The molecule has 0 amide bonds. The van der Waals surface area contributed by atoms with Gasteiger partial charge in [0, 0.05) is 25.7 Å². The van der Waals surface area contributed by atoms with Gasteiger partial charge in [-0.2, -0.15) is 13.2 Å². The van der Waals surface area contributed by atoms with E-state index in [1.165, 1.54) is 0 Å². The van der Waals surface area contributed by atoms with Crippen molar-refractivity contribution in [3.63, 3.8) is 0 Å². The van der Waals surface area contributed by atoms with Crippen molar-refractivity contribution in [2.75, 3.05) is 19.6 Å². The van der Waals surface area contributed by atoms with Crippen LogP contribution in [0.5, 0.6) is 0 Å². The number of hydrogen-bond acceptors (Lipinski definition) is 3. The molecule has 0 aromatic carbocycles. The molecule has 0 bridgehead atoms. The Morgan fingerprint density at radius 3 is 2.68 bits per heavy atom. The molecule has 1 unspecified atom stereocenters. The average molecular weight is 294 g/mol. The third kappa shape index (κ3) is 3.58. The summed E-state index contributed by atoms with van der Waals surface area (Å²) in [6, 6.07) is 1.22. The van der Waals surface area contributed by atoms with Gasteiger partial charge in [-0.15, -0.1) is 0 Å². The maximum absolute atomic E-state index is 12.6. The Morgan fingerprint density at radius 2 is 2.16 bits per heavy atom. The van der Waals surface area contributed by atoms with Crippen molar-refractivity contribution in [3.8, 4) is 0 Å². The van der Waals surface area contributed by atoms with Crippen molar-refractivity contribution < 1.29 is 13.2 Å². The first-order valence-corrected chi connectivity index (χ1v) is 6.43. The molecule has 2 heterocycles. The van der Waals surface area contributed by atoms with Crippen LogP contribution in [-0.4, -0.2) is 30.7 Å². The number of pyridine rings is 1. The molecule has 1 fully saturated rings. The lowest BCUT2D eigenvalue weighted by molar-refractivity contribution is -0.141. The second kappa shape index (κ2) is 5.64. The standard InChI is InChI=1S/C12H15ClF3N3/c1-7-4-10(12(14,15)16)19-11(13)9(7)5-8-6-17-2-3-18-8/h4,8,17-18H,2-3,5-6H2,1H3. The third-order valence-corrected chi connectivity index (χ3v) is 3.48. The predicted octanol–water partition coefficient (Wildman–Crippen LogP) is 2.17. The van der Waals surface area contributed by atoms with Crippen molar-refractivity contribution in [1.29, 1.82) is 0 Å². The first kappa shape index (κ1) is 14.6. The summed E-state index contributed by atoms with van der Waals surface area (Å²) in [5.74, 6) is 0. The van der Waals surface area contributed by atoms with E-state index in [1.54, 1.807) is 6.92 Å². The fourth-order valence-electron chi connectivity index (χ4n) is 2.15. The topological polar surface area (TPSA) is 37.0 Å². The van der Waals surface area contributed by atoms with Crippen LogP contribution in [0.2, 0.25) is 5.15 Å². The summed E-state index contributed by atoms with van der Waals surface area (Å²) < 4.78 is 37.8. The zero-order chi connectivity index (χ0) is 14.0. The van der Waals surface area contributed by atoms with E-state index in [4.69, 9.17) is 11.6 Å². The Bertz CT molecular complexity index is 433. The molecule has 0 aliphatic carbocycles. The fourth-order valence-corrected chi connectivity index (χ4v) is 2.47. The van der Waals surface area contributed by atoms with Crippen LogP contribution in [0.15, 0.2) is 6.07 Å². The summed E-state index contributed by atoms with van der Waals surface area (Å²) in [5.41, 5.74) is 0.268. The molecule has 1 aromatic rings. The minimum atomic E-state index is -4.46. The van der Waals surface area contributed by atoms with E-state index < -0.39 is 11.9 Å². The molecule has 0 spiro atoms. The van der Waals surface area contributed by atoms with Crippen molar-refractivity contribution >= 4 is 11.6 Å². The first-order chi connectivity index (χ1) is 8.88. The van der Waals surface area contributed by atoms with Gasteiger partial charge in [-0.1, -0.05) is 11.6 Å². The summed E-state index contributed by atoms with van der Waals surface area (Å²) in [5, 5.41) is 6.46. The highest BCUT2D eigenvalue weighted by Gasteiger charge is 2.33. The average Bonchev–Trinajstić information content (AvgIpc) is 2.33. The van der Waals surface area contributed by atoms with Crippen molar-refractivity contribution in [1.82, 2.24) is 15.6 Å². The second-order valence-corrected chi connectivity index (χ2v) is 5.01. The number of nitrogens with zero attached hydrogens (tertiary/aromatic N) is 1. The van der Waals surface area contributed by atoms with Gasteiger partial charge in [0.25, 0.3) is 0 Å². The highest BCUT2D eigenvalue weighted by Crippen LogP contribution is 2.31. The van der Waals surface area contributed by atoms with Gasteiger partial charge in [0.1, 0.15) is 10.8 Å². The maximum Gasteiger partial charge on any atom is 0.433 e. The highest BCUT2D eigenvalue weighted by molar-refractivity contribution is 6.30. The lowest BCUT2D eigenvalue weighted by Crippen LogP contribution is -2.49. The van der Waals surface area contributed by atoms with Gasteiger partial charge in [0.2, 0.25) is 0 Å². The molecule has 1 aliphatic rings. The van der Waals surface area contributed by atoms with Crippen LogP contribution in [0, 0.1) is 6.92 Å². The van der Waals surface area contributed by atoms with Crippen LogP contribution in [0.4, 0.5) is 13.2 Å². The Labute approximate surface area is 114 Å². The van der Waals surface area contributed by atoms with Gasteiger partial charge < -0.3 is 10.6 Å². The molecule has 19 heavy (non-hydrogen) atoms. The number of piperazine rings is 1. The second-order valence-electron chi connectivity index (χ2n) is 4.65. The van der Waals surface area contributed by atoms with Crippen LogP contribution in [0.1, 0.15) is 16.8 Å². The van der Waals surface area contributed by atoms with Gasteiger partial charge >= 0.3 is 6.18 Å². The molecule has 2 N–H and O–H groups in total. The smallest absolute Gasteiger partial charge is 0.314 e. The number of alkyl halides is 3. The lowest BCUT2D eigenvalue weighted by atomic mass is 10.0. The van der Waals surface area contributed by atoms with Crippen molar-refractivity contribution in [3.05, 3.63) is 28.0 Å². The van der Waals surface area contributed by atoms with Gasteiger partial charge in [0.15, 0.2) is 0 Å². The first-order valence-electron chi connectivity index (χ1n) is 6.05. The van der Waals surface area contributed by atoms with Gasteiger partial charge in [-0.05, 0) is 30.5 Å². The van der Waals surface area contributed by atoms with E-state index in [1.807, 2.05) is 0 Å². The highest BCUT2D eigenvalue weighted by atomic mass is 35.5. The SMILES string of the molecule is Cc1cc(C(F)(F)F)nc(Cl)c1CC1CNCCN1. The number of aromatic nitrogens is 1. The van der Waals surface area contributed by atoms with Crippen molar-refractivity contribution in [2.45, 2.75) is 25.6 Å². The molecule has 0 radical (unpaired) electrons. The number of aryl methyl sites for hydroxylation is 1. The molecule has 0 saturated carbocycles. The summed E-state index contributed by atoms with van der Waals surface area (Å²) in [4.78, 5) is 3.46. The van der Waals surface area contributed by atoms with Crippen LogP contribution in [-0.2, 0) is 12.6 Å². The fraction of sp³-hybridized carbons (Fsp3) is 0.583. The summed E-state index contributed by atoms with van der Waals surface area (Å²) in [6.07, 6.45) is -3.89. The Hall–Kier alpha value is -0.850. The number of nitrogens with one attached hydrogen (secondary N) is 2. The van der Waals surface area contributed by atoms with E-state index in [9.17, 15) is 13.2 Å². The van der Waals surface area contributed by atoms with Crippen molar-refractivity contribution in [2.24, 2.45) is 0 Å². The molecule has 1 aliphatic heterocycles. The minimum absolute atomic E-state index is 0.0558. The summed E-state index contributed by atoms with van der Waals surface area (Å²) in [6.45, 7) is 4.15. The molecular weight excluding hydrogens is 279 g/mol. The monoisotopic (exact) mass is 293 g/mol. The van der Waals surface area contributed by atoms with E-state index >= 15 is 0 Å². The predicted molar refractivity (Wildman–Crippen MR) is 67.4 cm³/mol. The Kier molecular flexibility index (Phi) is 4.32. The normalized spacial score (nSPS) is 20.6. The van der Waals surface area contributed by atoms with Gasteiger partial charge in [0.05, 0.1) is 0 Å². The minimum Gasteiger partial charge on any atom is -0.314 e. The van der Waals surface area contributed by atoms with E-state index in [-0.39, 0.29) is 11.2 Å². The van der Waals surface area contributed by atoms with Crippen LogP contribution >= 0.6 is 11.6 Å². The molecule has 3 nitrogen and oxygen atoms in total. The lowest BCUT2D eigenvalue weighted by Gasteiger charge is -2.25. The van der Waals surface area contributed by atoms with Gasteiger partial charge in [-0.3, -0.25) is 0 Å². The zero-order valence-corrected chi connectivity index (χ0v) is 11.2. The van der Waals surface area contributed by atoms with E-state index in [0.29, 0.717) is 17.5 Å². The molecule has 1 aromatic heterocycles. The van der Waals surface area contributed by atoms with E-state index in [2.05, 4.69) is 15.6 Å². The Morgan fingerprint density at radius 1 is 1.42 bits per heavy atom. The Balaban J connectivity index is 2.21. The van der Waals surface area contributed by atoms with Crippen LogP contribution in [0.25, 0.3) is 0 Å². The summed E-state index contributed by atoms with van der Waals surface area (Å²) >= 11 is 5.90. The van der Waals surface area contributed by atoms with Crippen LogP contribution in [0.3, 0.4) is 0 Å². The number of halogens is 4.